The van der Waals surface area contributed by atoms with E-state index in [0.29, 0.717) is 31.0 Å². The zero-order valence-electron chi connectivity index (χ0n) is 11.1. The molecule has 0 aromatic carbocycles. The summed E-state index contributed by atoms with van der Waals surface area (Å²) in [7, 11) is 1.37. The lowest BCUT2D eigenvalue weighted by molar-refractivity contribution is -0.140. The van der Waals surface area contributed by atoms with E-state index in [1.807, 2.05) is 12.3 Å². The molecule has 1 rings (SSSR count). The lowest BCUT2D eigenvalue weighted by Crippen LogP contribution is -2.18. The lowest BCUT2D eigenvalue weighted by Gasteiger charge is -2.01. The SMILES string of the molecule is CCOCC(=O)Nc1nc(CCCC(=O)OC)cs1. The average Bonchev–Trinajstić information content (AvgIpc) is 2.83. The Morgan fingerprint density at radius 2 is 2.26 bits per heavy atom. The van der Waals surface area contributed by atoms with E-state index in [4.69, 9.17) is 4.74 Å². The standard InChI is InChI=1S/C12H18N2O4S/c1-3-18-7-10(15)14-12-13-9(8-19-12)5-4-6-11(16)17-2/h8H,3-7H2,1-2H3,(H,13,14,15). The summed E-state index contributed by atoms with van der Waals surface area (Å²) >= 11 is 1.36. The molecule has 0 atom stereocenters. The molecule has 0 bridgehead atoms. The van der Waals surface area contributed by atoms with E-state index in [1.54, 1.807) is 0 Å². The molecule has 1 amide bonds. The molecule has 1 aromatic heterocycles. The van der Waals surface area contributed by atoms with Gasteiger partial charge in [0.1, 0.15) is 6.61 Å². The summed E-state index contributed by atoms with van der Waals surface area (Å²) in [5, 5.41) is 5.08. The van der Waals surface area contributed by atoms with Crippen molar-refractivity contribution < 1.29 is 19.1 Å². The van der Waals surface area contributed by atoms with Gasteiger partial charge in [0.2, 0.25) is 0 Å². The summed E-state index contributed by atoms with van der Waals surface area (Å²) in [4.78, 5) is 26.6. The molecule has 0 spiro atoms. The maximum Gasteiger partial charge on any atom is 0.305 e. The van der Waals surface area contributed by atoms with E-state index in [1.165, 1.54) is 18.4 Å². The van der Waals surface area contributed by atoms with Gasteiger partial charge in [-0.3, -0.25) is 14.9 Å². The first-order chi connectivity index (χ1) is 9.15. The van der Waals surface area contributed by atoms with Crippen LogP contribution in [-0.2, 0) is 25.5 Å². The normalized spacial score (nSPS) is 10.2. The van der Waals surface area contributed by atoms with Crippen LogP contribution in [0.5, 0.6) is 0 Å². The van der Waals surface area contributed by atoms with E-state index >= 15 is 0 Å². The van der Waals surface area contributed by atoms with Crippen molar-refractivity contribution in [3.05, 3.63) is 11.1 Å². The first-order valence-corrected chi connectivity index (χ1v) is 6.92. The molecule has 7 heteroatoms. The number of carbonyl (C=O) groups excluding carboxylic acids is 2. The van der Waals surface area contributed by atoms with Crippen LogP contribution in [0.15, 0.2) is 5.38 Å². The van der Waals surface area contributed by atoms with Crippen molar-refractivity contribution in [2.75, 3.05) is 25.6 Å². The van der Waals surface area contributed by atoms with Crippen molar-refractivity contribution in [2.24, 2.45) is 0 Å². The van der Waals surface area contributed by atoms with Gasteiger partial charge in [-0.25, -0.2) is 4.98 Å². The molecule has 0 aliphatic heterocycles. The molecule has 0 fully saturated rings. The fourth-order valence-corrected chi connectivity index (χ4v) is 2.11. The molecular weight excluding hydrogens is 268 g/mol. The Morgan fingerprint density at radius 1 is 1.47 bits per heavy atom. The van der Waals surface area contributed by atoms with E-state index in [2.05, 4.69) is 15.0 Å². The van der Waals surface area contributed by atoms with Gasteiger partial charge in [-0.2, -0.15) is 0 Å². The van der Waals surface area contributed by atoms with Gasteiger partial charge >= 0.3 is 5.97 Å². The van der Waals surface area contributed by atoms with Crippen LogP contribution in [0.2, 0.25) is 0 Å². The molecular formula is C12H18N2O4S. The number of nitrogens with one attached hydrogen (secondary N) is 1. The van der Waals surface area contributed by atoms with Crippen LogP contribution in [-0.4, -0.2) is 37.2 Å². The Balaban J connectivity index is 2.31. The van der Waals surface area contributed by atoms with E-state index < -0.39 is 0 Å². The second-order valence-corrected chi connectivity index (χ2v) is 4.62. The molecule has 1 aromatic rings. The molecule has 6 nitrogen and oxygen atoms in total. The van der Waals surface area contributed by atoms with Gasteiger partial charge in [-0.05, 0) is 19.8 Å². The highest BCUT2D eigenvalue weighted by molar-refractivity contribution is 7.13. The van der Waals surface area contributed by atoms with E-state index in [0.717, 1.165) is 5.69 Å². The van der Waals surface area contributed by atoms with Crippen LogP contribution in [0.3, 0.4) is 0 Å². The molecule has 0 aliphatic rings. The number of ether oxygens (including phenoxy) is 2. The monoisotopic (exact) mass is 286 g/mol. The zero-order chi connectivity index (χ0) is 14.1. The minimum absolute atomic E-state index is 0.0355. The second kappa shape index (κ2) is 8.60. The van der Waals surface area contributed by atoms with Crippen molar-refractivity contribution in [3.63, 3.8) is 0 Å². The number of esters is 1. The number of nitrogens with zero attached hydrogens (tertiary/aromatic N) is 1. The predicted octanol–water partition coefficient (Wildman–Crippen LogP) is 1.61. The van der Waals surface area contributed by atoms with Crippen LogP contribution in [0, 0.1) is 0 Å². The minimum atomic E-state index is -0.222. The second-order valence-electron chi connectivity index (χ2n) is 3.76. The van der Waals surface area contributed by atoms with Crippen molar-refractivity contribution >= 4 is 28.3 Å². The maximum absolute atomic E-state index is 11.4. The molecule has 106 valence electrons. The zero-order valence-corrected chi connectivity index (χ0v) is 11.9. The number of hydrogen-bond donors (Lipinski definition) is 1. The molecule has 1 heterocycles. The number of rotatable bonds is 8. The topological polar surface area (TPSA) is 77.5 Å². The van der Waals surface area contributed by atoms with Gasteiger partial charge in [-0.1, -0.05) is 0 Å². The maximum atomic E-state index is 11.4. The average molecular weight is 286 g/mol. The van der Waals surface area contributed by atoms with E-state index in [9.17, 15) is 9.59 Å². The van der Waals surface area contributed by atoms with Crippen LogP contribution in [0.4, 0.5) is 5.13 Å². The quantitative estimate of drug-likeness (QED) is 0.735. The van der Waals surface area contributed by atoms with Gasteiger partial charge in [-0.15, -0.1) is 11.3 Å². The first kappa shape index (κ1) is 15.6. The number of amides is 1. The van der Waals surface area contributed by atoms with Crippen LogP contribution >= 0.6 is 11.3 Å². The summed E-state index contributed by atoms with van der Waals surface area (Å²) < 4.78 is 9.55. The summed E-state index contributed by atoms with van der Waals surface area (Å²) in [6.07, 6.45) is 1.75. The summed E-state index contributed by atoms with van der Waals surface area (Å²) in [6.45, 7) is 2.37. The Hall–Kier alpha value is -1.47. The Morgan fingerprint density at radius 3 is 2.95 bits per heavy atom. The summed E-state index contributed by atoms with van der Waals surface area (Å²) in [5.41, 5.74) is 0.862. The Kier molecular flexibility index (Phi) is 7.06. The van der Waals surface area contributed by atoms with Gasteiger partial charge in [0, 0.05) is 18.4 Å². The van der Waals surface area contributed by atoms with Crippen LogP contribution in [0.1, 0.15) is 25.5 Å². The number of aromatic nitrogens is 1. The number of carbonyl (C=O) groups is 2. The van der Waals surface area contributed by atoms with Crippen LogP contribution < -0.4 is 5.32 Å². The minimum Gasteiger partial charge on any atom is -0.469 e. The Bertz CT molecular complexity index is 420. The van der Waals surface area contributed by atoms with Gasteiger partial charge < -0.3 is 9.47 Å². The van der Waals surface area contributed by atoms with E-state index in [-0.39, 0.29) is 18.5 Å². The highest BCUT2D eigenvalue weighted by atomic mass is 32.1. The number of aryl methyl sites for hydroxylation is 1. The fourth-order valence-electron chi connectivity index (χ4n) is 1.35. The summed E-state index contributed by atoms with van der Waals surface area (Å²) in [5.74, 6) is -0.433. The third kappa shape index (κ3) is 6.30. The van der Waals surface area contributed by atoms with Gasteiger partial charge in [0.15, 0.2) is 5.13 Å². The molecule has 0 saturated carbocycles. The van der Waals surface area contributed by atoms with Gasteiger partial charge in [0.25, 0.3) is 5.91 Å². The third-order valence-electron chi connectivity index (χ3n) is 2.28. The van der Waals surface area contributed by atoms with Crippen LogP contribution in [0.25, 0.3) is 0 Å². The van der Waals surface area contributed by atoms with Crippen molar-refractivity contribution in [1.82, 2.24) is 4.98 Å². The molecule has 19 heavy (non-hydrogen) atoms. The van der Waals surface area contributed by atoms with Crippen molar-refractivity contribution in [1.29, 1.82) is 0 Å². The number of thiazole rings is 1. The summed E-state index contributed by atoms with van der Waals surface area (Å²) in [6, 6.07) is 0. The smallest absolute Gasteiger partial charge is 0.305 e. The number of anilines is 1. The largest absolute Gasteiger partial charge is 0.469 e. The number of hydrogen-bond acceptors (Lipinski definition) is 6. The third-order valence-corrected chi connectivity index (χ3v) is 3.08. The molecule has 0 radical (unpaired) electrons. The molecule has 0 unspecified atom stereocenters. The highest BCUT2D eigenvalue weighted by Gasteiger charge is 2.07. The van der Waals surface area contributed by atoms with Crippen molar-refractivity contribution in [2.45, 2.75) is 26.2 Å². The number of methoxy groups -OCH3 is 1. The molecule has 1 N–H and O–H groups in total. The molecule has 0 saturated heterocycles. The first-order valence-electron chi connectivity index (χ1n) is 6.04. The predicted molar refractivity (Wildman–Crippen MR) is 72.2 cm³/mol. The lowest BCUT2D eigenvalue weighted by atomic mass is 10.2. The molecule has 0 aliphatic carbocycles. The fraction of sp³-hybridized carbons (Fsp3) is 0.583. The van der Waals surface area contributed by atoms with Crippen molar-refractivity contribution in [3.8, 4) is 0 Å². The highest BCUT2D eigenvalue weighted by Crippen LogP contribution is 2.17. The Labute approximate surface area is 116 Å². The van der Waals surface area contributed by atoms with Gasteiger partial charge in [0.05, 0.1) is 12.8 Å².